The summed E-state index contributed by atoms with van der Waals surface area (Å²) in [5.74, 6) is 0.753. The van der Waals surface area contributed by atoms with Gasteiger partial charge in [-0.3, -0.25) is 4.79 Å². The van der Waals surface area contributed by atoms with Gasteiger partial charge in [0.1, 0.15) is 0 Å². The molecule has 0 bridgehead atoms. The van der Waals surface area contributed by atoms with E-state index in [2.05, 4.69) is 13.8 Å². The minimum absolute atomic E-state index is 0. The molecule has 1 rings (SSSR count). The number of carbonyl (C=O) groups is 1. The Kier molecular flexibility index (Phi) is 6.37. The van der Waals surface area contributed by atoms with Crippen molar-refractivity contribution in [2.24, 2.45) is 5.92 Å². The fourth-order valence-electron chi connectivity index (χ4n) is 1.26. The third kappa shape index (κ3) is 5.12. The van der Waals surface area contributed by atoms with Crippen molar-refractivity contribution in [3.05, 3.63) is 30.6 Å². The quantitative estimate of drug-likeness (QED) is 0.608. The summed E-state index contributed by atoms with van der Waals surface area (Å²) in [6.07, 6.45) is 4.50. The van der Waals surface area contributed by atoms with E-state index in [9.17, 15) is 4.79 Å². The van der Waals surface area contributed by atoms with Crippen molar-refractivity contribution in [1.29, 1.82) is 0 Å². The Morgan fingerprint density at radius 3 is 2.29 bits per heavy atom. The number of ketones is 1. The Balaban J connectivity index is 0.00000169. The number of halogens is 1. The van der Waals surface area contributed by atoms with Gasteiger partial charge in [-0.1, -0.05) is 19.9 Å². The molecule has 14 heavy (non-hydrogen) atoms. The molecule has 1 aromatic heterocycles. The van der Waals surface area contributed by atoms with E-state index >= 15 is 0 Å². The zero-order valence-corrected chi connectivity index (χ0v) is 10.2. The molecular formula is C11H16BrNO. The van der Waals surface area contributed by atoms with Crippen LogP contribution in [0.25, 0.3) is 0 Å². The number of hydrogen-bond acceptors (Lipinski definition) is 1. The lowest BCUT2D eigenvalue weighted by molar-refractivity contribution is -0.684. The van der Waals surface area contributed by atoms with Gasteiger partial charge in [0, 0.05) is 18.6 Å². The van der Waals surface area contributed by atoms with E-state index in [-0.39, 0.29) is 17.0 Å². The molecule has 1 aromatic rings. The predicted octanol–water partition coefficient (Wildman–Crippen LogP) is -1.41. The standard InChI is InChI=1S/C11H16NO.BrH/c1-10(2)8-11(13)9-12-6-4-3-5-7-12;/h3-7,10H,8-9H2,1-2H3;1H/q+1;/p-1. The predicted molar refractivity (Wildman–Crippen MR) is 51.1 cm³/mol. The first-order valence-electron chi connectivity index (χ1n) is 4.64. The largest absolute Gasteiger partial charge is 1.00 e. The maximum Gasteiger partial charge on any atom is 0.206 e. The van der Waals surface area contributed by atoms with Crippen molar-refractivity contribution < 1.29 is 26.3 Å². The minimum Gasteiger partial charge on any atom is -1.00 e. The van der Waals surface area contributed by atoms with Gasteiger partial charge in [-0.2, -0.15) is 4.57 Å². The van der Waals surface area contributed by atoms with E-state index in [1.54, 1.807) is 0 Å². The van der Waals surface area contributed by atoms with Crippen LogP contribution in [0.3, 0.4) is 0 Å². The third-order valence-electron chi connectivity index (χ3n) is 1.77. The van der Waals surface area contributed by atoms with Crippen molar-refractivity contribution in [2.45, 2.75) is 26.8 Å². The van der Waals surface area contributed by atoms with E-state index in [1.165, 1.54) is 0 Å². The lowest BCUT2D eigenvalue weighted by Gasteiger charge is -2.00. The highest BCUT2D eigenvalue weighted by molar-refractivity contribution is 5.77. The van der Waals surface area contributed by atoms with E-state index in [4.69, 9.17) is 0 Å². The zero-order valence-electron chi connectivity index (χ0n) is 8.61. The lowest BCUT2D eigenvalue weighted by Crippen LogP contribution is -3.00. The Bertz CT molecular complexity index is 272. The summed E-state index contributed by atoms with van der Waals surface area (Å²) in [6, 6.07) is 5.81. The van der Waals surface area contributed by atoms with Crippen LogP contribution in [0.15, 0.2) is 30.6 Å². The Morgan fingerprint density at radius 1 is 1.21 bits per heavy atom. The van der Waals surface area contributed by atoms with E-state index in [1.807, 2.05) is 35.2 Å². The fourth-order valence-corrected chi connectivity index (χ4v) is 1.26. The molecular weight excluding hydrogens is 242 g/mol. The van der Waals surface area contributed by atoms with Gasteiger partial charge in [-0.05, 0) is 5.92 Å². The Hall–Kier alpha value is -0.700. The topological polar surface area (TPSA) is 20.9 Å². The first-order valence-corrected chi connectivity index (χ1v) is 4.64. The minimum atomic E-state index is 0. The highest BCUT2D eigenvalue weighted by Crippen LogP contribution is 1.99. The summed E-state index contributed by atoms with van der Waals surface area (Å²) in [5.41, 5.74) is 0. The third-order valence-corrected chi connectivity index (χ3v) is 1.77. The van der Waals surface area contributed by atoms with Gasteiger partial charge in [-0.15, -0.1) is 0 Å². The summed E-state index contributed by atoms with van der Waals surface area (Å²) in [5, 5.41) is 0. The summed E-state index contributed by atoms with van der Waals surface area (Å²) in [6.45, 7) is 4.63. The van der Waals surface area contributed by atoms with Crippen molar-refractivity contribution in [1.82, 2.24) is 0 Å². The van der Waals surface area contributed by atoms with Crippen LogP contribution in [0.2, 0.25) is 0 Å². The zero-order chi connectivity index (χ0) is 9.68. The van der Waals surface area contributed by atoms with Crippen LogP contribution in [0, 0.1) is 5.92 Å². The van der Waals surface area contributed by atoms with Gasteiger partial charge >= 0.3 is 0 Å². The van der Waals surface area contributed by atoms with Crippen LogP contribution in [0.5, 0.6) is 0 Å². The average molecular weight is 258 g/mol. The molecule has 0 aliphatic rings. The van der Waals surface area contributed by atoms with Crippen molar-refractivity contribution in [3.63, 3.8) is 0 Å². The molecule has 0 saturated heterocycles. The average Bonchev–Trinajstić information content (AvgIpc) is 2.04. The molecule has 0 unspecified atom stereocenters. The number of pyridine rings is 1. The molecule has 0 radical (unpaired) electrons. The molecule has 0 fully saturated rings. The molecule has 0 aromatic carbocycles. The second-order valence-corrected chi connectivity index (χ2v) is 3.68. The maximum atomic E-state index is 11.4. The van der Waals surface area contributed by atoms with Gasteiger partial charge in [-0.25, -0.2) is 0 Å². The van der Waals surface area contributed by atoms with Gasteiger partial charge < -0.3 is 17.0 Å². The molecule has 0 saturated carbocycles. The van der Waals surface area contributed by atoms with Gasteiger partial charge in [0.15, 0.2) is 18.2 Å². The summed E-state index contributed by atoms with van der Waals surface area (Å²) in [7, 11) is 0. The van der Waals surface area contributed by atoms with Crippen LogP contribution in [-0.4, -0.2) is 5.78 Å². The van der Waals surface area contributed by atoms with Crippen LogP contribution in [-0.2, 0) is 11.3 Å². The van der Waals surface area contributed by atoms with Crippen molar-refractivity contribution >= 4 is 5.78 Å². The Morgan fingerprint density at radius 2 is 1.79 bits per heavy atom. The molecule has 3 heteroatoms. The van der Waals surface area contributed by atoms with Crippen molar-refractivity contribution in [3.8, 4) is 0 Å². The van der Waals surface area contributed by atoms with Crippen LogP contribution < -0.4 is 21.5 Å². The van der Waals surface area contributed by atoms with E-state index < -0.39 is 0 Å². The first kappa shape index (κ1) is 13.3. The highest BCUT2D eigenvalue weighted by Gasteiger charge is 2.09. The molecule has 1 heterocycles. The Labute approximate surface area is 95.7 Å². The van der Waals surface area contributed by atoms with Crippen LogP contribution >= 0.6 is 0 Å². The van der Waals surface area contributed by atoms with Crippen molar-refractivity contribution in [2.75, 3.05) is 0 Å². The molecule has 0 N–H and O–H groups in total. The molecule has 0 aliphatic carbocycles. The molecule has 0 amide bonds. The van der Waals surface area contributed by atoms with E-state index in [0.29, 0.717) is 24.7 Å². The maximum absolute atomic E-state index is 11.4. The molecule has 0 spiro atoms. The second-order valence-electron chi connectivity index (χ2n) is 3.68. The normalized spacial score (nSPS) is 9.64. The number of Topliss-reactive ketones (excluding diaryl/α,β-unsaturated/α-hetero) is 1. The first-order chi connectivity index (χ1) is 6.18. The highest BCUT2D eigenvalue weighted by atomic mass is 79.9. The number of hydrogen-bond donors (Lipinski definition) is 0. The van der Waals surface area contributed by atoms with E-state index in [0.717, 1.165) is 0 Å². The number of nitrogens with zero attached hydrogens (tertiary/aromatic N) is 1. The molecule has 78 valence electrons. The lowest BCUT2D eigenvalue weighted by atomic mass is 10.1. The number of rotatable bonds is 4. The SMILES string of the molecule is CC(C)CC(=O)C[n+]1ccccc1.[Br-]. The van der Waals surface area contributed by atoms with Gasteiger partial charge in [0.25, 0.3) is 0 Å². The van der Waals surface area contributed by atoms with Crippen LogP contribution in [0.1, 0.15) is 20.3 Å². The molecule has 0 atom stereocenters. The molecule has 0 aliphatic heterocycles. The van der Waals surface area contributed by atoms with Gasteiger partial charge in [0.2, 0.25) is 6.54 Å². The summed E-state index contributed by atoms with van der Waals surface area (Å²) in [4.78, 5) is 11.4. The fraction of sp³-hybridized carbons (Fsp3) is 0.455. The number of carbonyl (C=O) groups excluding carboxylic acids is 1. The monoisotopic (exact) mass is 257 g/mol. The van der Waals surface area contributed by atoms with Gasteiger partial charge in [0.05, 0.1) is 0 Å². The van der Waals surface area contributed by atoms with Crippen LogP contribution in [0.4, 0.5) is 0 Å². The molecule has 2 nitrogen and oxygen atoms in total. The summed E-state index contributed by atoms with van der Waals surface area (Å²) >= 11 is 0. The smallest absolute Gasteiger partial charge is 0.206 e. The second kappa shape index (κ2) is 6.71. The number of aromatic nitrogens is 1. The summed E-state index contributed by atoms with van der Waals surface area (Å²) < 4.78 is 1.91.